The smallest absolute Gasteiger partial charge is 0.322 e. The van der Waals surface area contributed by atoms with Gasteiger partial charge in [-0.1, -0.05) is 12.1 Å². The third-order valence-corrected chi connectivity index (χ3v) is 4.62. The maximum Gasteiger partial charge on any atom is 0.322 e. The van der Waals surface area contributed by atoms with E-state index in [9.17, 15) is 14.4 Å². The maximum atomic E-state index is 11.9. The van der Waals surface area contributed by atoms with Gasteiger partial charge in [-0.05, 0) is 12.1 Å². The van der Waals surface area contributed by atoms with Gasteiger partial charge in [0, 0.05) is 16.6 Å². The highest BCUT2D eigenvalue weighted by atomic mass is 32.1. The first-order valence-corrected chi connectivity index (χ1v) is 8.34. The summed E-state index contributed by atoms with van der Waals surface area (Å²) in [6, 6.07) is 6.18. The summed E-state index contributed by atoms with van der Waals surface area (Å²) >= 11 is 1.46. The molecule has 25 heavy (non-hydrogen) atoms. The Hall–Kier alpha value is -2.94. The van der Waals surface area contributed by atoms with Crippen molar-refractivity contribution < 1.29 is 19.1 Å². The molecular formula is C16H16N4O4S. The number of thiazole rings is 1. The van der Waals surface area contributed by atoms with E-state index in [1.165, 1.54) is 11.3 Å². The fourth-order valence-electron chi connectivity index (χ4n) is 2.32. The fraction of sp³-hybridized carbons (Fsp3) is 0.250. The molecule has 4 amide bonds. The SMILES string of the molecule is COc1cccc(-c2ncc(CNC(=O)C[C@H]3NC(=O)NC3=O)s2)c1. The molecule has 9 heteroatoms. The molecule has 0 aliphatic carbocycles. The zero-order valence-corrected chi connectivity index (χ0v) is 14.2. The van der Waals surface area contributed by atoms with Crippen LogP contribution in [0.25, 0.3) is 10.6 Å². The summed E-state index contributed by atoms with van der Waals surface area (Å²) in [5, 5.41) is 8.03. The average Bonchev–Trinajstić information content (AvgIpc) is 3.20. The number of amides is 4. The van der Waals surface area contributed by atoms with Crippen LogP contribution in [0, 0.1) is 0 Å². The fourth-order valence-corrected chi connectivity index (χ4v) is 3.17. The molecule has 1 aromatic heterocycles. The van der Waals surface area contributed by atoms with Gasteiger partial charge in [-0.15, -0.1) is 11.3 Å². The lowest BCUT2D eigenvalue weighted by Gasteiger charge is -2.07. The van der Waals surface area contributed by atoms with E-state index in [1.807, 2.05) is 24.3 Å². The molecule has 0 bridgehead atoms. The molecule has 1 aromatic carbocycles. The van der Waals surface area contributed by atoms with E-state index in [-0.39, 0.29) is 12.3 Å². The van der Waals surface area contributed by atoms with Gasteiger partial charge in [0.1, 0.15) is 16.8 Å². The molecule has 3 N–H and O–H groups in total. The number of aromatic nitrogens is 1. The minimum absolute atomic E-state index is 0.0981. The Kier molecular flexibility index (Phi) is 4.94. The van der Waals surface area contributed by atoms with Gasteiger partial charge in [-0.3, -0.25) is 14.9 Å². The first kappa shape index (κ1) is 16.9. The summed E-state index contributed by atoms with van der Waals surface area (Å²) in [5.74, 6) is -0.0589. The molecule has 1 atom stereocenters. The van der Waals surface area contributed by atoms with E-state index in [2.05, 4.69) is 20.9 Å². The van der Waals surface area contributed by atoms with E-state index in [4.69, 9.17) is 4.74 Å². The monoisotopic (exact) mass is 360 g/mol. The van der Waals surface area contributed by atoms with Gasteiger partial charge in [0.25, 0.3) is 5.91 Å². The Balaban J connectivity index is 1.55. The summed E-state index contributed by atoms with van der Waals surface area (Å²) in [6.45, 7) is 0.308. The van der Waals surface area contributed by atoms with Crippen LogP contribution in [0.1, 0.15) is 11.3 Å². The van der Waals surface area contributed by atoms with Crippen LogP contribution in [0.5, 0.6) is 5.75 Å². The minimum atomic E-state index is -0.818. The average molecular weight is 360 g/mol. The predicted molar refractivity (Wildman–Crippen MR) is 91.0 cm³/mol. The van der Waals surface area contributed by atoms with Gasteiger partial charge in [0.2, 0.25) is 5.91 Å². The lowest BCUT2D eigenvalue weighted by Crippen LogP contribution is -2.35. The third-order valence-electron chi connectivity index (χ3n) is 3.58. The van der Waals surface area contributed by atoms with Crippen molar-refractivity contribution in [1.82, 2.24) is 20.9 Å². The number of hydrogen-bond donors (Lipinski definition) is 3. The van der Waals surface area contributed by atoms with Gasteiger partial charge in [0.15, 0.2) is 0 Å². The molecule has 1 aliphatic heterocycles. The summed E-state index contributed by atoms with van der Waals surface area (Å²) < 4.78 is 5.20. The number of carbonyl (C=O) groups excluding carboxylic acids is 3. The summed E-state index contributed by atoms with van der Waals surface area (Å²) in [7, 11) is 1.61. The Labute approximate surface area is 147 Å². The van der Waals surface area contributed by atoms with Crippen LogP contribution < -0.4 is 20.7 Å². The van der Waals surface area contributed by atoms with Gasteiger partial charge in [0.05, 0.1) is 20.1 Å². The van der Waals surface area contributed by atoms with Gasteiger partial charge in [-0.2, -0.15) is 0 Å². The van der Waals surface area contributed by atoms with E-state index in [0.717, 1.165) is 21.2 Å². The molecule has 0 saturated carbocycles. The first-order chi connectivity index (χ1) is 12.0. The van der Waals surface area contributed by atoms with Crippen LogP contribution in [0.15, 0.2) is 30.5 Å². The van der Waals surface area contributed by atoms with Crippen molar-refractivity contribution in [2.75, 3.05) is 7.11 Å². The van der Waals surface area contributed by atoms with Crippen LogP contribution >= 0.6 is 11.3 Å². The molecule has 3 rings (SSSR count). The zero-order chi connectivity index (χ0) is 17.8. The summed E-state index contributed by atoms with van der Waals surface area (Å²) in [6.07, 6.45) is 1.60. The maximum absolute atomic E-state index is 11.9. The molecule has 8 nitrogen and oxygen atoms in total. The molecule has 1 saturated heterocycles. The number of hydrogen-bond acceptors (Lipinski definition) is 6. The Bertz CT molecular complexity index is 820. The third kappa shape index (κ3) is 4.13. The Morgan fingerprint density at radius 2 is 2.24 bits per heavy atom. The van der Waals surface area contributed by atoms with Gasteiger partial charge < -0.3 is 15.4 Å². The standard InChI is InChI=1S/C16H16N4O4S/c1-24-10-4-2-3-9(5-10)15-18-8-11(25-15)7-17-13(21)6-12-14(22)20-16(23)19-12/h2-5,8,12H,6-7H2,1H3,(H,17,21)(H2,19,20,22,23)/t12-/m1/s1. The number of rotatable bonds is 6. The van der Waals surface area contributed by atoms with Crippen LogP contribution in [-0.4, -0.2) is 36.0 Å². The largest absolute Gasteiger partial charge is 0.497 e. The van der Waals surface area contributed by atoms with E-state index < -0.39 is 18.0 Å². The highest BCUT2D eigenvalue weighted by Crippen LogP contribution is 2.27. The number of carbonyl (C=O) groups is 3. The van der Waals surface area contributed by atoms with Crippen molar-refractivity contribution in [2.45, 2.75) is 19.0 Å². The van der Waals surface area contributed by atoms with Crippen molar-refractivity contribution >= 4 is 29.2 Å². The molecule has 1 aliphatic rings. The van der Waals surface area contributed by atoms with Crippen molar-refractivity contribution in [2.24, 2.45) is 0 Å². The molecule has 130 valence electrons. The zero-order valence-electron chi connectivity index (χ0n) is 13.4. The lowest BCUT2D eigenvalue weighted by molar-refractivity contribution is -0.126. The molecule has 1 fully saturated rings. The normalized spacial score (nSPS) is 16.3. The number of nitrogens with one attached hydrogen (secondary N) is 3. The lowest BCUT2D eigenvalue weighted by atomic mass is 10.2. The Morgan fingerprint density at radius 1 is 1.40 bits per heavy atom. The molecule has 2 heterocycles. The molecule has 2 aromatic rings. The molecule has 0 radical (unpaired) electrons. The second-order valence-corrected chi connectivity index (χ2v) is 6.48. The van der Waals surface area contributed by atoms with Gasteiger partial charge >= 0.3 is 6.03 Å². The first-order valence-electron chi connectivity index (χ1n) is 7.52. The van der Waals surface area contributed by atoms with E-state index in [0.29, 0.717) is 6.54 Å². The van der Waals surface area contributed by atoms with Crippen LogP contribution in [-0.2, 0) is 16.1 Å². The highest BCUT2D eigenvalue weighted by molar-refractivity contribution is 7.15. The predicted octanol–water partition coefficient (Wildman–Crippen LogP) is 1.03. The van der Waals surface area contributed by atoms with Crippen molar-refractivity contribution in [3.8, 4) is 16.3 Å². The second-order valence-electron chi connectivity index (χ2n) is 5.36. The minimum Gasteiger partial charge on any atom is -0.497 e. The molecule has 0 spiro atoms. The number of imide groups is 1. The highest BCUT2D eigenvalue weighted by Gasteiger charge is 2.31. The molecular weight excluding hydrogens is 344 g/mol. The van der Waals surface area contributed by atoms with Crippen molar-refractivity contribution in [3.63, 3.8) is 0 Å². The van der Waals surface area contributed by atoms with E-state index in [1.54, 1.807) is 13.3 Å². The van der Waals surface area contributed by atoms with Gasteiger partial charge in [-0.25, -0.2) is 9.78 Å². The quantitative estimate of drug-likeness (QED) is 0.667. The topological polar surface area (TPSA) is 109 Å². The Morgan fingerprint density at radius 3 is 2.96 bits per heavy atom. The van der Waals surface area contributed by atoms with Crippen LogP contribution in [0.4, 0.5) is 4.79 Å². The number of methoxy groups -OCH3 is 1. The number of ether oxygens (including phenoxy) is 1. The van der Waals surface area contributed by atoms with E-state index >= 15 is 0 Å². The van der Waals surface area contributed by atoms with Crippen molar-refractivity contribution in [3.05, 3.63) is 35.3 Å². The summed E-state index contributed by atoms with van der Waals surface area (Å²) in [4.78, 5) is 39.6. The number of benzene rings is 1. The number of nitrogens with zero attached hydrogens (tertiary/aromatic N) is 1. The van der Waals surface area contributed by atoms with Crippen LogP contribution in [0.3, 0.4) is 0 Å². The number of urea groups is 1. The summed E-state index contributed by atoms with van der Waals surface area (Å²) in [5.41, 5.74) is 0.937. The van der Waals surface area contributed by atoms with Crippen molar-refractivity contribution in [1.29, 1.82) is 0 Å². The second kappa shape index (κ2) is 7.31. The molecule has 0 unspecified atom stereocenters. The van der Waals surface area contributed by atoms with Crippen LogP contribution in [0.2, 0.25) is 0 Å².